The molecule has 1 heterocycles. The van der Waals surface area contributed by atoms with E-state index in [0.29, 0.717) is 11.3 Å². The van der Waals surface area contributed by atoms with Crippen molar-refractivity contribution in [2.75, 3.05) is 16.8 Å². The third kappa shape index (κ3) is 4.18. The molecule has 1 amide bonds. The molecule has 1 atom stereocenters. The Bertz CT molecular complexity index is 1130. The van der Waals surface area contributed by atoms with E-state index in [2.05, 4.69) is 5.32 Å². The molecule has 1 unspecified atom stereocenters. The number of benzene rings is 2. The molecule has 1 aliphatic heterocycles. The first kappa shape index (κ1) is 19.1. The summed E-state index contributed by atoms with van der Waals surface area (Å²) >= 11 is 0. The van der Waals surface area contributed by atoms with Crippen LogP contribution in [-0.4, -0.2) is 39.5 Å². The quantitative estimate of drug-likeness (QED) is 0.829. The standard InChI is InChI=1S/C18H16N2O5S2/c19-11-13-4-6-15(7-5-13)20-18(21)14-2-1-3-16(10-14)27(24,25)17-8-9-26(22,23)12-17/h1-7,10,17H,8-9,12H2,(H,20,21). The summed E-state index contributed by atoms with van der Waals surface area (Å²) in [4.78, 5) is 12.3. The van der Waals surface area contributed by atoms with Gasteiger partial charge in [-0.1, -0.05) is 6.07 Å². The van der Waals surface area contributed by atoms with E-state index in [9.17, 15) is 21.6 Å². The molecule has 2 aromatic carbocycles. The number of amides is 1. The van der Waals surface area contributed by atoms with Crippen LogP contribution in [0.25, 0.3) is 0 Å². The highest BCUT2D eigenvalue weighted by molar-refractivity contribution is 7.96. The molecule has 0 aliphatic carbocycles. The zero-order chi connectivity index (χ0) is 19.7. The Morgan fingerprint density at radius 3 is 2.44 bits per heavy atom. The van der Waals surface area contributed by atoms with Crippen molar-refractivity contribution >= 4 is 31.3 Å². The van der Waals surface area contributed by atoms with E-state index < -0.39 is 36.6 Å². The van der Waals surface area contributed by atoms with Gasteiger partial charge < -0.3 is 5.32 Å². The van der Waals surface area contributed by atoms with Crippen LogP contribution in [0, 0.1) is 11.3 Å². The maximum atomic E-state index is 12.7. The van der Waals surface area contributed by atoms with Crippen molar-refractivity contribution in [2.45, 2.75) is 16.6 Å². The Labute approximate surface area is 157 Å². The summed E-state index contributed by atoms with van der Waals surface area (Å²) in [6.45, 7) is 0. The van der Waals surface area contributed by atoms with Crippen LogP contribution in [0.1, 0.15) is 22.3 Å². The number of carbonyl (C=O) groups is 1. The van der Waals surface area contributed by atoms with E-state index in [1.807, 2.05) is 6.07 Å². The van der Waals surface area contributed by atoms with E-state index in [0.717, 1.165) is 0 Å². The average Bonchev–Trinajstić information content (AvgIpc) is 3.03. The van der Waals surface area contributed by atoms with Crippen molar-refractivity contribution in [3.8, 4) is 6.07 Å². The first-order valence-corrected chi connectivity index (χ1v) is 11.4. The number of anilines is 1. The molecule has 1 aliphatic rings. The number of hydrogen-bond acceptors (Lipinski definition) is 6. The van der Waals surface area contributed by atoms with Crippen LogP contribution in [0.4, 0.5) is 5.69 Å². The first-order valence-electron chi connectivity index (χ1n) is 8.07. The van der Waals surface area contributed by atoms with Crippen LogP contribution in [0.3, 0.4) is 0 Å². The maximum Gasteiger partial charge on any atom is 0.255 e. The second kappa shape index (κ2) is 7.13. The molecular formula is C18H16N2O5S2. The van der Waals surface area contributed by atoms with Crippen LogP contribution in [0.5, 0.6) is 0 Å². The molecule has 27 heavy (non-hydrogen) atoms. The van der Waals surface area contributed by atoms with Gasteiger partial charge >= 0.3 is 0 Å². The lowest BCUT2D eigenvalue weighted by Crippen LogP contribution is -2.23. The third-order valence-corrected chi connectivity index (χ3v) is 8.50. The Hall–Kier alpha value is -2.70. The summed E-state index contributed by atoms with van der Waals surface area (Å²) in [6.07, 6.45) is 0.0618. The lowest BCUT2D eigenvalue weighted by molar-refractivity contribution is 0.102. The van der Waals surface area contributed by atoms with Crippen molar-refractivity contribution in [3.05, 3.63) is 59.7 Å². The fourth-order valence-electron chi connectivity index (χ4n) is 2.84. The molecular weight excluding hydrogens is 388 g/mol. The number of carbonyl (C=O) groups excluding carboxylic acids is 1. The van der Waals surface area contributed by atoms with Gasteiger partial charge in [-0.05, 0) is 48.9 Å². The highest BCUT2D eigenvalue weighted by Crippen LogP contribution is 2.26. The summed E-state index contributed by atoms with van der Waals surface area (Å²) in [6, 6.07) is 13.8. The van der Waals surface area contributed by atoms with Gasteiger partial charge in [0.15, 0.2) is 19.7 Å². The molecule has 0 spiro atoms. The average molecular weight is 404 g/mol. The number of nitriles is 1. The van der Waals surface area contributed by atoms with Gasteiger partial charge in [-0.15, -0.1) is 0 Å². The number of nitrogens with one attached hydrogen (secondary N) is 1. The minimum atomic E-state index is -3.84. The molecule has 140 valence electrons. The fourth-order valence-corrected chi connectivity index (χ4v) is 7.25. The van der Waals surface area contributed by atoms with Crippen LogP contribution < -0.4 is 5.32 Å². The smallest absolute Gasteiger partial charge is 0.255 e. The molecule has 0 bridgehead atoms. The monoisotopic (exact) mass is 404 g/mol. The molecule has 1 fully saturated rings. The number of nitrogens with zero attached hydrogens (tertiary/aromatic N) is 1. The van der Waals surface area contributed by atoms with E-state index in [1.165, 1.54) is 24.3 Å². The van der Waals surface area contributed by atoms with Crippen molar-refractivity contribution in [2.24, 2.45) is 0 Å². The van der Waals surface area contributed by atoms with Gasteiger partial charge in [0.25, 0.3) is 5.91 Å². The largest absolute Gasteiger partial charge is 0.322 e. The SMILES string of the molecule is N#Cc1ccc(NC(=O)c2cccc(S(=O)(=O)C3CCS(=O)(=O)C3)c2)cc1. The summed E-state index contributed by atoms with van der Waals surface area (Å²) < 4.78 is 48.6. The van der Waals surface area contributed by atoms with E-state index in [-0.39, 0.29) is 22.6 Å². The van der Waals surface area contributed by atoms with Crippen LogP contribution in [0.2, 0.25) is 0 Å². The van der Waals surface area contributed by atoms with Gasteiger partial charge in [0.1, 0.15) is 0 Å². The Morgan fingerprint density at radius 1 is 1.15 bits per heavy atom. The van der Waals surface area contributed by atoms with Gasteiger partial charge in [-0.2, -0.15) is 5.26 Å². The van der Waals surface area contributed by atoms with E-state index in [4.69, 9.17) is 5.26 Å². The van der Waals surface area contributed by atoms with Crippen LogP contribution >= 0.6 is 0 Å². The molecule has 0 radical (unpaired) electrons. The van der Waals surface area contributed by atoms with E-state index >= 15 is 0 Å². The maximum absolute atomic E-state index is 12.7. The lowest BCUT2D eigenvalue weighted by Gasteiger charge is -2.11. The van der Waals surface area contributed by atoms with Gasteiger partial charge in [0, 0.05) is 11.3 Å². The predicted octanol–water partition coefficient (Wildman–Crippen LogP) is 1.77. The van der Waals surface area contributed by atoms with Crippen LogP contribution in [-0.2, 0) is 19.7 Å². The number of sulfone groups is 2. The Morgan fingerprint density at radius 2 is 1.85 bits per heavy atom. The molecule has 0 saturated carbocycles. The Kier molecular flexibility index (Phi) is 5.04. The number of hydrogen-bond donors (Lipinski definition) is 1. The van der Waals surface area contributed by atoms with Crippen molar-refractivity contribution in [1.29, 1.82) is 5.26 Å². The van der Waals surface area contributed by atoms with Crippen molar-refractivity contribution in [1.82, 2.24) is 0 Å². The molecule has 2 aromatic rings. The molecule has 1 saturated heterocycles. The molecule has 1 N–H and O–H groups in total. The molecule has 3 rings (SSSR count). The normalized spacial score (nSPS) is 18.6. The van der Waals surface area contributed by atoms with Crippen molar-refractivity contribution < 1.29 is 21.6 Å². The predicted molar refractivity (Wildman–Crippen MR) is 99.8 cm³/mol. The Balaban J connectivity index is 1.82. The molecule has 9 heteroatoms. The van der Waals surface area contributed by atoms with Gasteiger partial charge in [-0.3, -0.25) is 4.79 Å². The van der Waals surface area contributed by atoms with E-state index in [1.54, 1.807) is 24.3 Å². The van der Waals surface area contributed by atoms with Gasteiger partial charge in [-0.25, -0.2) is 16.8 Å². The summed E-state index contributed by atoms with van der Waals surface area (Å²) in [5.74, 6) is -1.04. The summed E-state index contributed by atoms with van der Waals surface area (Å²) in [5, 5.41) is 10.4. The summed E-state index contributed by atoms with van der Waals surface area (Å²) in [7, 11) is -7.18. The lowest BCUT2D eigenvalue weighted by atomic mass is 10.2. The van der Waals surface area contributed by atoms with Gasteiger partial charge in [0.05, 0.1) is 33.3 Å². The zero-order valence-corrected chi connectivity index (χ0v) is 15.8. The highest BCUT2D eigenvalue weighted by Gasteiger charge is 2.38. The third-order valence-electron chi connectivity index (χ3n) is 4.33. The fraction of sp³-hybridized carbons (Fsp3) is 0.222. The second-order valence-electron chi connectivity index (χ2n) is 6.24. The molecule has 0 aromatic heterocycles. The second-order valence-corrected chi connectivity index (χ2v) is 10.7. The minimum absolute atomic E-state index is 0.0618. The van der Waals surface area contributed by atoms with Gasteiger partial charge in [0.2, 0.25) is 0 Å². The van der Waals surface area contributed by atoms with Crippen molar-refractivity contribution in [3.63, 3.8) is 0 Å². The highest BCUT2D eigenvalue weighted by atomic mass is 32.2. The topological polar surface area (TPSA) is 121 Å². The summed E-state index contributed by atoms with van der Waals surface area (Å²) in [5.41, 5.74) is 1.06. The van der Waals surface area contributed by atoms with Crippen LogP contribution in [0.15, 0.2) is 53.4 Å². The molecule has 7 nitrogen and oxygen atoms in total. The zero-order valence-electron chi connectivity index (χ0n) is 14.1. The first-order chi connectivity index (χ1) is 12.7. The number of rotatable bonds is 4. The minimum Gasteiger partial charge on any atom is -0.322 e.